The Kier molecular flexibility index (Phi) is 6.10. The number of para-hydroxylation sites is 1. The highest BCUT2D eigenvalue weighted by atomic mass is 16.1. The van der Waals surface area contributed by atoms with Crippen molar-refractivity contribution >= 4 is 17.4 Å². The number of hydrogen-bond donors (Lipinski definition) is 2. The lowest BCUT2D eigenvalue weighted by molar-refractivity contribution is 0.0947. The van der Waals surface area contributed by atoms with Gasteiger partial charge in [-0.2, -0.15) is 5.26 Å². The van der Waals surface area contributed by atoms with Crippen LogP contribution in [0, 0.1) is 11.3 Å². The summed E-state index contributed by atoms with van der Waals surface area (Å²) in [5.74, 6) is 0.220. The fraction of sp³-hybridized carbons (Fsp3) is 0.143. The molecule has 1 amide bonds. The van der Waals surface area contributed by atoms with Gasteiger partial charge < -0.3 is 10.6 Å². The molecule has 0 spiro atoms. The van der Waals surface area contributed by atoms with Crippen LogP contribution in [0.25, 0.3) is 0 Å². The first-order chi connectivity index (χ1) is 13.3. The number of benzene rings is 2. The first-order valence-electron chi connectivity index (χ1n) is 8.68. The molecule has 0 atom stereocenters. The lowest BCUT2D eigenvalue weighted by Gasteiger charge is -2.07. The lowest BCUT2D eigenvalue weighted by Crippen LogP contribution is -2.26. The van der Waals surface area contributed by atoms with Crippen molar-refractivity contribution in [3.05, 3.63) is 83.6 Å². The zero-order valence-corrected chi connectivity index (χ0v) is 14.7. The van der Waals surface area contributed by atoms with Crippen LogP contribution in [0.3, 0.4) is 0 Å². The van der Waals surface area contributed by atoms with E-state index in [-0.39, 0.29) is 11.6 Å². The molecule has 2 aromatic carbocycles. The summed E-state index contributed by atoms with van der Waals surface area (Å²) in [5, 5.41) is 23.0. The summed E-state index contributed by atoms with van der Waals surface area (Å²) in [6.45, 7) is 0.574. The van der Waals surface area contributed by atoms with Crippen LogP contribution in [0.15, 0.2) is 66.7 Å². The van der Waals surface area contributed by atoms with Crippen molar-refractivity contribution in [3.63, 3.8) is 0 Å². The fourth-order valence-electron chi connectivity index (χ4n) is 2.58. The average molecular weight is 357 g/mol. The molecule has 0 fully saturated rings. The van der Waals surface area contributed by atoms with Gasteiger partial charge in [0.25, 0.3) is 5.91 Å². The molecule has 134 valence electrons. The first-order valence-corrected chi connectivity index (χ1v) is 8.68. The van der Waals surface area contributed by atoms with Crippen molar-refractivity contribution in [2.45, 2.75) is 12.8 Å². The summed E-state index contributed by atoms with van der Waals surface area (Å²) >= 11 is 0. The Labute approximate surface area is 157 Å². The number of nitriles is 1. The monoisotopic (exact) mass is 357 g/mol. The number of carbonyl (C=O) groups is 1. The molecule has 0 radical (unpaired) electrons. The minimum Gasteiger partial charge on any atom is -0.351 e. The predicted octanol–water partition coefficient (Wildman–Crippen LogP) is 3.45. The van der Waals surface area contributed by atoms with E-state index in [0.29, 0.717) is 23.6 Å². The number of anilines is 2. The summed E-state index contributed by atoms with van der Waals surface area (Å²) in [5.41, 5.74) is 2.67. The van der Waals surface area contributed by atoms with Crippen LogP contribution >= 0.6 is 0 Å². The Balaban J connectivity index is 1.50. The van der Waals surface area contributed by atoms with Crippen LogP contribution in [0.2, 0.25) is 0 Å². The molecule has 0 aliphatic rings. The Bertz CT molecular complexity index is 933. The molecule has 3 aromatic rings. The summed E-state index contributed by atoms with van der Waals surface area (Å²) in [4.78, 5) is 12.1. The summed E-state index contributed by atoms with van der Waals surface area (Å²) in [7, 11) is 0. The molecule has 3 rings (SSSR count). The van der Waals surface area contributed by atoms with E-state index in [9.17, 15) is 4.79 Å². The average Bonchev–Trinajstić information content (AvgIpc) is 2.73. The Morgan fingerprint density at radius 2 is 1.74 bits per heavy atom. The number of hydrogen-bond acceptors (Lipinski definition) is 5. The lowest BCUT2D eigenvalue weighted by atomic mass is 10.1. The molecule has 0 saturated carbocycles. The number of amides is 1. The molecule has 0 aliphatic heterocycles. The molecule has 2 N–H and O–H groups in total. The van der Waals surface area contributed by atoms with Crippen LogP contribution in [-0.2, 0) is 6.42 Å². The van der Waals surface area contributed by atoms with E-state index in [1.54, 1.807) is 30.3 Å². The molecule has 27 heavy (non-hydrogen) atoms. The third-order valence-corrected chi connectivity index (χ3v) is 3.98. The minimum atomic E-state index is -0.250. The van der Waals surface area contributed by atoms with E-state index in [1.165, 1.54) is 5.56 Å². The molecule has 6 nitrogen and oxygen atoms in total. The number of aromatic nitrogens is 2. The number of nitrogens with zero attached hydrogens (tertiary/aromatic N) is 3. The molecule has 1 aromatic heterocycles. The second-order valence-electron chi connectivity index (χ2n) is 5.93. The van der Waals surface area contributed by atoms with Gasteiger partial charge in [-0.3, -0.25) is 4.79 Å². The minimum absolute atomic E-state index is 0.250. The third kappa shape index (κ3) is 5.13. The van der Waals surface area contributed by atoms with E-state index >= 15 is 0 Å². The van der Waals surface area contributed by atoms with Gasteiger partial charge in [0, 0.05) is 6.54 Å². The molecule has 1 heterocycles. The molecule has 6 heteroatoms. The summed E-state index contributed by atoms with van der Waals surface area (Å²) in [6, 6.07) is 22.7. The summed E-state index contributed by atoms with van der Waals surface area (Å²) < 4.78 is 0. The molecule has 0 aliphatic carbocycles. The second kappa shape index (κ2) is 9.11. The van der Waals surface area contributed by atoms with Crippen LogP contribution < -0.4 is 10.6 Å². The highest BCUT2D eigenvalue weighted by Gasteiger charge is 2.08. The van der Waals surface area contributed by atoms with Gasteiger partial charge in [-0.25, -0.2) is 0 Å². The first kappa shape index (κ1) is 18.1. The maximum atomic E-state index is 12.1. The van der Waals surface area contributed by atoms with Gasteiger partial charge in [0.05, 0.1) is 11.3 Å². The van der Waals surface area contributed by atoms with Crippen molar-refractivity contribution < 1.29 is 4.79 Å². The number of carbonyl (C=O) groups excluding carboxylic acids is 1. The van der Waals surface area contributed by atoms with Crippen molar-refractivity contribution in [1.82, 2.24) is 15.5 Å². The standard InChI is InChI=1S/C21H19N5O/c22-15-17-10-4-5-11-18(17)24-20-13-12-19(25-26-20)21(27)23-14-6-9-16-7-2-1-3-8-16/h1-5,7-8,10-13H,6,9,14H2,(H,23,27)(H,24,26). The second-order valence-corrected chi connectivity index (χ2v) is 5.93. The highest BCUT2D eigenvalue weighted by molar-refractivity contribution is 5.92. The molecule has 0 unspecified atom stereocenters. The van der Waals surface area contributed by atoms with Crippen molar-refractivity contribution in [2.75, 3.05) is 11.9 Å². The van der Waals surface area contributed by atoms with E-state index in [1.807, 2.05) is 24.3 Å². The van der Waals surface area contributed by atoms with E-state index in [2.05, 4.69) is 39.0 Å². The smallest absolute Gasteiger partial charge is 0.271 e. The van der Waals surface area contributed by atoms with Crippen LogP contribution in [0.1, 0.15) is 28.0 Å². The largest absolute Gasteiger partial charge is 0.351 e. The SMILES string of the molecule is N#Cc1ccccc1Nc1ccc(C(=O)NCCCc2ccccc2)nn1. The predicted molar refractivity (Wildman–Crippen MR) is 104 cm³/mol. The van der Waals surface area contributed by atoms with Crippen molar-refractivity contribution in [1.29, 1.82) is 5.26 Å². The van der Waals surface area contributed by atoms with Crippen LogP contribution in [-0.4, -0.2) is 22.6 Å². The molecule has 0 bridgehead atoms. The molecule has 0 saturated heterocycles. The molecular weight excluding hydrogens is 338 g/mol. The quantitative estimate of drug-likeness (QED) is 0.632. The van der Waals surface area contributed by atoms with Crippen molar-refractivity contribution in [2.24, 2.45) is 0 Å². The normalized spacial score (nSPS) is 10.0. The number of rotatable bonds is 7. The summed E-state index contributed by atoms with van der Waals surface area (Å²) in [6.07, 6.45) is 1.77. The van der Waals surface area contributed by atoms with Crippen LogP contribution in [0.5, 0.6) is 0 Å². The van der Waals surface area contributed by atoms with Gasteiger partial charge in [0.2, 0.25) is 0 Å². The van der Waals surface area contributed by atoms with Gasteiger partial charge >= 0.3 is 0 Å². The van der Waals surface area contributed by atoms with E-state index in [0.717, 1.165) is 12.8 Å². The molecular formula is C21H19N5O. The fourth-order valence-corrected chi connectivity index (χ4v) is 2.58. The van der Waals surface area contributed by atoms with E-state index in [4.69, 9.17) is 5.26 Å². The van der Waals surface area contributed by atoms with E-state index < -0.39 is 0 Å². The zero-order valence-electron chi connectivity index (χ0n) is 14.7. The maximum Gasteiger partial charge on any atom is 0.271 e. The Morgan fingerprint density at radius 1 is 0.963 bits per heavy atom. The maximum absolute atomic E-state index is 12.1. The zero-order chi connectivity index (χ0) is 18.9. The van der Waals surface area contributed by atoms with Gasteiger partial charge in [-0.1, -0.05) is 42.5 Å². The van der Waals surface area contributed by atoms with Gasteiger partial charge in [0.1, 0.15) is 6.07 Å². The van der Waals surface area contributed by atoms with Crippen molar-refractivity contribution in [3.8, 4) is 6.07 Å². The highest BCUT2D eigenvalue weighted by Crippen LogP contribution is 2.18. The topological polar surface area (TPSA) is 90.7 Å². The van der Waals surface area contributed by atoms with Gasteiger partial charge in [-0.05, 0) is 42.7 Å². The third-order valence-electron chi connectivity index (χ3n) is 3.98. The number of nitrogens with one attached hydrogen (secondary N) is 2. The Morgan fingerprint density at radius 3 is 2.48 bits per heavy atom. The van der Waals surface area contributed by atoms with Gasteiger partial charge in [-0.15, -0.1) is 10.2 Å². The Hall–Kier alpha value is -3.72. The van der Waals surface area contributed by atoms with Crippen LogP contribution in [0.4, 0.5) is 11.5 Å². The van der Waals surface area contributed by atoms with Gasteiger partial charge in [0.15, 0.2) is 11.5 Å². The number of aryl methyl sites for hydroxylation is 1.